The Kier molecular flexibility index (Phi) is 7.33. The maximum Gasteiger partial charge on any atom is 0.338 e. The Morgan fingerprint density at radius 1 is 1.08 bits per heavy atom. The van der Waals surface area contributed by atoms with E-state index in [1.165, 1.54) is 28.0 Å². The molecule has 0 radical (unpaired) electrons. The van der Waals surface area contributed by atoms with Crippen molar-refractivity contribution in [1.82, 2.24) is 4.57 Å². The van der Waals surface area contributed by atoms with Gasteiger partial charge in [0.2, 0.25) is 0 Å². The molecule has 1 aromatic heterocycles. The van der Waals surface area contributed by atoms with Crippen molar-refractivity contribution in [2.45, 2.75) is 26.5 Å². The van der Waals surface area contributed by atoms with E-state index in [2.05, 4.69) is 4.99 Å². The summed E-state index contributed by atoms with van der Waals surface area (Å²) in [6.07, 6.45) is 1.78. The molecule has 3 aromatic carbocycles. The first-order valence-corrected chi connectivity index (χ1v) is 13.0. The number of carbonyl (C=O) groups excluding carboxylic acids is 1. The van der Waals surface area contributed by atoms with Crippen LogP contribution in [-0.2, 0) is 16.1 Å². The monoisotopic (exact) mass is 528 g/mol. The maximum atomic E-state index is 13.7. The predicted octanol–water partition coefficient (Wildman–Crippen LogP) is 4.52. The van der Waals surface area contributed by atoms with Gasteiger partial charge in [-0.25, -0.2) is 14.2 Å². The number of rotatable bonds is 7. The number of nitrogens with zero attached hydrogens (tertiary/aromatic N) is 2. The van der Waals surface area contributed by atoms with Gasteiger partial charge in [-0.3, -0.25) is 9.36 Å². The first kappa shape index (κ1) is 25.4. The van der Waals surface area contributed by atoms with Crippen molar-refractivity contribution in [2.75, 3.05) is 6.61 Å². The molecular formula is C30H25FN2O4S. The number of allylic oxidation sites excluding steroid dienone is 1. The number of ether oxygens (including phenoxy) is 2. The molecule has 38 heavy (non-hydrogen) atoms. The van der Waals surface area contributed by atoms with Crippen LogP contribution in [0.3, 0.4) is 0 Å². The van der Waals surface area contributed by atoms with Gasteiger partial charge in [-0.05, 0) is 60.9 Å². The molecule has 0 fully saturated rings. The number of aromatic nitrogens is 1. The van der Waals surface area contributed by atoms with Gasteiger partial charge in [0.1, 0.15) is 18.2 Å². The van der Waals surface area contributed by atoms with E-state index in [0.29, 0.717) is 33.0 Å². The summed E-state index contributed by atoms with van der Waals surface area (Å²) < 4.78 is 26.9. The highest BCUT2D eigenvalue weighted by Crippen LogP contribution is 2.30. The van der Waals surface area contributed by atoms with Crippen LogP contribution >= 0.6 is 11.3 Å². The van der Waals surface area contributed by atoms with Crippen LogP contribution in [0.1, 0.15) is 36.6 Å². The summed E-state index contributed by atoms with van der Waals surface area (Å²) in [4.78, 5) is 31.7. The van der Waals surface area contributed by atoms with Gasteiger partial charge in [0.25, 0.3) is 5.56 Å². The summed E-state index contributed by atoms with van der Waals surface area (Å²) in [6, 6.07) is 22.3. The van der Waals surface area contributed by atoms with Crippen LogP contribution < -0.4 is 19.6 Å². The molecule has 2 heterocycles. The molecule has 6 nitrogen and oxygen atoms in total. The average Bonchev–Trinajstić information content (AvgIpc) is 3.22. The molecule has 0 aliphatic carbocycles. The largest absolute Gasteiger partial charge is 0.489 e. The highest BCUT2D eigenvalue weighted by Gasteiger charge is 2.33. The smallest absolute Gasteiger partial charge is 0.338 e. The second-order valence-corrected chi connectivity index (χ2v) is 9.71. The minimum Gasteiger partial charge on any atom is -0.489 e. The fourth-order valence-corrected chi connectivity index (χ4v) is 5.38. The van der Waals surface area contributed by atoms with Gasteiger partial charge in [-0.1, -0.05) is 65.9 Å². The Morgan fingerprint density at radius 3 is 2.58 bits per heavy atom. The summed E-state index contributed by atoms with van der Waals surface area (Å²) in [5.74, 6) is -0.283. The molecule has 5 rings (SSSR count). The first-order valence-electron chi connectivity index (χ1n) is 12.2. The van der Waals surface area contributed by atoms with E-state index in [1.807, 2.05) is 54.6 Å². The minimum atomic E-state index is -0.784. The maximum absolute atomic E-state index is 13.7. The van der Waals surface area contributed by atoms with Gasteiger partial charge in [0.15, 0.2) is 4.80 Å². The molecule has 0 N–H and O–H groups in total. The van der Waals surface area contributed by atoms with Gasteiger partial charge in [-0.2, -0.15) is 0 Å². The molecule has 1 aliphatic heterocycles. The van der Waals surface area contributed by atoms with Crippen LogP contribution in [0.5, 0.6) is 5.75 Å². The van der Waals surface area contributed by atoms with Gasteiger partial charge >= 0.3 is 5.97 Å². The Labute approximate surface area is 222 Å². The standard InChI is InChI=1S/C30H25FN2O4S/c1-3-36-29(35)26-19(2)32-30-33(27(26)22-12-14-23(31)15-13-22)28(34)25(38-30)17-21-10-7-11-24(16-21)37-18-20-8-5-4-6-9-20/h4-17,27H,3,18H2,1-2H3/b25-17+/t27-/m0/s1. The zero-order chi connectivity index (χ0) is 26.6. The molecule has 0 bridgehead atoms. The molecule has 1 aliphatic rings. The molecule has 0 unspecified atom stereocenters. The average molecular weight is 529 g/mol. The number of carbonyl (C=O) groups is 1. The lowest BCUT2D eigenvalue weighted by molar-refractivity contribution is -0.139. The number of thiazole rings is 1. The van der Waals surface area contributed by atoms with Crippen molar-refractivity contribution in [3.05, 3.63) is 132 Å². The molecule has 0 saturated heterocycles. The molecule has 4 aromatic rings. The minimum absolute atomic E-state index is 0.179. The zero-order valence-electron chi connectivity index (χ0n) is 20.9. The fourth-order valence-electron chi connectivity index (χ4n) is 4.34. The van der Waals surface area contributed by atoms with E-state index in [9.17, 15) is 14.0 Å². The highest BCUT2D eigenvalue weighted by atomic mass is 32.1. The lowest BCUT2D eigenvalue weighted by Gasteiger charge is -2.24. The fraction of sp³-hybridized carbons (Fsp3) is 0.167. The molecule has 192 valence electrons. The zero-order valence-corrected chi connectivity index (χ0v) is 21.7. The number of fused-ring (bicyclic) bond motifs is 1. The Bertz CT molecular complexity index is 1690. The van der Waals surface area contributed by atoms with E-state index in [1.54, 1.807) is 32.1 Å². The number of esters is 1. The van der Waals surface area contributed by atoms with Crippen molar-refractivity contribution in [3.63, 3.8) is 0 Å². The summed E-state index contributed by atoms with van der Waals surface area (Å²) in [5, 5.41) is 0. The van der Waals surface area contributed by atoms with Crippen molar-refractivity contribution in [2.24, 2.45) is 4.99 Å². The molecule has 0 saturated carbocycles. The quantitative estimate of drug-likeness (QED) is 0.331. The van der Waals surface area contributed by atoms with Crippen LogP contribution in [0, 0.1) is 5.82 Å². The van der Waals surface area contributed by atoms with E-state index in [4.69, 9.17) is 9.47 Å². The van der Waals surface area contributed by atoms with E-state index in [0.717, 1.165) is 11.1 Å². The second kappa shape index (κ2) is 11.0. The summed E-state index contributed by atoms with van der Waals surface area (Å²) in [5.41, 5.74) is 2.86. The Hall–Kier alpha value is -4.30. The highest BCUT2D eigenvalue weighted by molar-refractivity contribution is 7.07. The van der Waals surface area contributed by atoms with Crippen molar-refractivity contribution in [3.8, 4) is 5.75 Å². The van der Waals surface area contributed by atoms with Crippen molar-refractivity contribution < 1.29 is 18.7 Å². The van der Waals surface area contributed by atoms with Gasteiger partial charge < -0.3 is 9.47 Å². The SMILES string of the molecule is CCOC(=O)C1=C(C)N=c2s/c(=C/c3cccc(OCc4ccccc4)c3)c(=O)n2[C@H]1c1ccc(F)cc1. The number of hydrogen-bond donors (Lipinski definition) is 0. The number of hydrogen-bond acceptors (Lipinski definition) is 6. The van der Waals surface area contributed by atoms with E-state index in [-0.39, 0.29) is 17.7 Å². The summed E-state index contributed by atoms with van der Waals surface area (Å²) >= 11 is 1.23. The number of benzene rings is 3. The lowest BCUT2D eigenvalue weighted by Crippen LogP contribution is -2.39. The lowest BCUT2D eigenvalue weighted by atomic mass is 9.96. The molecule has 0 amide bonds. The third-order valence-corrected chi connectivity index (χ3v) is 7.09. The van der Waals surface area contributed by atoms with Gasteiger partial charge in [-0.15, -0.1) is 0 Å². The van der Waals surface area contributed by atoms with Crippen LogP contribution in [0.25, 0.3) is 6.08 Å². The Balaban J connectivity index is 1.55. The summed E-state index contributed by atoms with van der Waals surface area (Å²) in [7, 11) is 0. The topological polar surface area (TPSA) is 69.9 Å². The Morgan fingerprint density at radius 2 is 1.84 bits per heavy atom. The second-order valence-electron chi connectivity index (χ2n) is 8.70. The van der Waals surface area contributed by atoms with Crippen molar-refractivity contribution in [1.29, 1.82) is 0 Å². The third-order valence-electron chi connectivity index (χ3n) is 6.11. The third kappa shape index (κ3) is 5.21. The van der Waals surface area contributed by atoms with E-state index >= 15 is 0 Å². The molecule has 8 heteroatoms. The van der Waals surface area contributed by atoms with Gasteiger partial charge in [0.05, 0.1) is 28.5 Å². The molecule has 0 spiro atoms. The van der Waals surface area contributed by atoms with Crippen LogP contribution in [0.4, 0.5) is 4.39 Å². The van der Waals surface area contributed by atoms with E-state index < -0.39 is 17.8 Å². The van der Waals surface area contributed by atoms with Crippen LogP contribution in [-0.4, -0.2) is 17.1 Å². The van der Waals surface area contributed by atoms with Crippen molar-refractivity contribution >= 4 is 23.4 Å². The van der Waals surface area contributed by atoms with Gasteiger partial charge in [0, 0.05) is 0 Å². The molecule has 1 atom stereocenters. The first-order chi connectivity index (χ1) is 18.4. The summed E-state index contributed by atoms with van der Waals surface area (Å²) in [6.45, 7) is 4.04. The predicted molar refractivity (Wildman–Crippen MR) is 144 cm³/mol. The number of halogens is 1. The van der Waals surface area contributed by atoms with Crippen LogP contribution in [0.2, 0.25) is 0 Å². The molecular weight excluding hydrogens is 503 g/mol. The normalized spacial score (nSPS) is 15.1. The van der Waals surface area contributed by atoms with Crippen LogP contribution in [0.15, 0.2) is 99.9 Å².